The van der Waals surface area contributed by atoms with Crippen molar-refractivity contribution in [2.75, 3.05) is 6.61 Å². The highest BCUT2D eigenvalue weighted by Crippen LogP contribution is 2.28. The predicted octanol–water partition coefficient (Wildman–Crippen LogP) is 4.48. The van der Waals surface area contributed by atoms with Gasteiger partial charge in [0.1, 0.15) is 6.61 Å². The summed E-state index contributed by atoms with van der Waals surface area (Å²) in [6, 6.07) is 11.5. The highest BCUT2D eigenvalue weighted by atomic mass is 35.5. The molecular formula is C21H19ClN3O4+. The number of aromatic amines is 1. The van der Waals surface area contributed by atoms with E-state index in [0.717, 1.165) is 22.5 Å². The minimum atomic E-state index is -0.544. The average Bonchev–Trinajstić information content (AvgIpc) is 3.00. The number of nitrogens with zero attached hydrogens (tertiary/aromatic N) is 2. The Hall–Kier alpha value is -3.45. The molecule has 0 aliphatic rings. The van der Waals surface area contributed by atoms with Crippen LogP contribution in [0.15, 0.2) is 55.1 Å². The number of carbonyl (C=O) groups excluding carboxylic acids is 1. The first-order valence-corrected chi connectivity index (χ1v) is 9.15. The molecule has 1 heterocycles. The van der Waals surface area contributed by atoms with E-state index >= 15 is 0 Å². The second kappa shape index (κ2) is 8.28. The minimum absolute atomic E-state index is 0.0211. The molecule has 1 N–H and O–H groups in total. The molecule has 2 aromatic carbocycles. The van der Waals surface area contributed by atoms with Crippen LogP contribution >= 0.6 is 11.6 Å². The largest absolute Gasteiger partial charge is 0.458 e. The molecule has 0 aliphatic heterocycles. The Morgan fingerprint density at radius 2 is 2.07 bits per heavy atom. The van der Waals surface area contributed by atoms with Crippen molar-refractivity contribution in [1.82, 2.24) is 5.10 Å². The van der Waals surface area contributed by atoms with E-state index in [1.54, 1.807) is 28.9 Å². The summed E-state index contributed by atoms with van der Waals surface area (Å²) < 4.78 is 6.88. The molecule has 29 heavy (non-hydrogen) atoms. The Kier molecular flexibility index (Phi) is 5.79. The second-order valence-corrected chi connectivity index (χ2v) is 6.80. The molecule has 1 aromatic heterocycles. The number of esters is 1. The van der Waals surface area contributed by atoms with Gasteiger partial charge < -0.3 is 4.74 Å². The van der Waals surface area contributed by atoms with Crippen LogP contribution in [0.5, 0.6) is 0 Å². The molecule has 7 nitrogen and oxygen atoms in total. The maximum absolute atomic E-state index is 12.3. The number of carbonyl (C=O) groups is 1. The Labute approximate surface area is 172 Å². The number of benzene rings is 2. The minimum Gasteiger partial charge on any atom is -0.458 e. The van der Waals surface area contributed by atoms with Crippen LogP contribution in [0.1, 0.15) is 21.7 Å². The number of ether oxygens (including phenoxy) is 1. The number of rotatable bonds is 6. The zero-order valence-corrected chi connectivity index (χ0v) is 16.7. The summed E-state index contributed by atoms with van der Waals surface area (Å²) in [6.07, 6.45) is 1.48. The van der Waals surface area contributed by atoms with Crippen LogP contribution in [-0.2, 0) is 4.74 Å². The van der Waals surface area contributed by atoms with Gasteiger partial charge in [-0.1, -0.05) is 41.1 Å². The fourth-order valence-electron chi connectivity index (χ4n) is 3.17. The van der Waals surface area contributed by atoms with Crippen LogP contribution in [0.25, 0.3) is 16.8 Å². The summed E-state index contributed by atoms with van der Waals surface area (Å²) in [5.41, 5.74) is 4.17. The van der Waals surface area contributed by atoms with Crippen LogP contribution < -0.4 is 4.68 Å². The standard InChI is InChI=1S/C21H18ClN3O4/c1-4-10-29-21(26)18-12-16(8-9-19(18)22)24-14(3)20(13(2)23-24)15-6-5-7-17(11-15)25(27)28/h4-9,11-12H,1,10H2,2-3H3/p+1. The maximum Gasteiger partial charge on any atom is 0.340 e. The van der Waals surface area contributed by atoms with Gasteiger partial charge in [-0.2, -0.15) is 5.10 Å². The Bertz CT molecular complexity index is 1120. The monoisotopic (exact) mass is 412 g/mol. The Morgan fingerprint density at radius 3 is 2.76 bits per heavy atom. The topological polar surface area (TPSA) is 89.1 Å². The van der Waals surface area contributed by atoms with Gasteiger partial charge in [0.25, 0.3) is 5.69 Å². The second-order valence-electron chi connectivity index (χ2n) is 6.39. The third-order valence-corrected chi connectivity index (χ3v) is 4.79. The van der Waals surface area contributed by atoms with Gasteiger partial charge in [0.15, 0.2) is 0 Å². The SMILES string of the molecule is C=CCOC(=O)c1cc(-[n+]2[nH]c(C)c(-c3cccc([N+](=O)[O-])c3)c2C)ccc1Cl. The highest BCUT2D eigenvalue weighted by Gasteiger charge is 2.25. The Morgan fingerprint density at radius 1 is 1.31 bits per heavy atom. The van der Waals surface area contributed by atoms with Crippen molar-refractivity contribution in [1.29, 1.82) is 0 Å². The molecule has 0 bridgehead atoms. The lowest BCUT2D eigenvalue weighted by molar-refractivity contribution is -0.661. The van der Waals surface area contributed by atoms with Crippen LogP contribution in [0.2, 0.25) is 5.02 Å². The van der Waals surface area contributed by atoms with E-state index in [9.17, 15) is 14.9 Å². The number of nitro benzene ring substituents is 1. The number of aryl methyl sites for hydroxylation is 1. The fraction of sp³-hybridized carbons (Fsp3) is 0.143. The molecule has 3 rings (SSSR count). The number of H-pyrrole nitrogens is 1. The fourth-order valence-corrected chi connectivity index (χ4v) is 3.37. The average molecular weight is 413 g/mol. The summed E-state index contributed by atoms with van der Waals surface area (Å²) in [5.74, 6) is -0.544. The molecule has 148 valence electrons. The lowest BCUT2D eigenvalue weighted by Gasteiger charge is -2.04. The molecular weight excluding hydrogens is 394 g/mol. The number of nitro groups is 1. The molecule has 0 aliphatic carbocycles. The van der Waals surface area contributed by atoms with Gasteiger partial charge in [0.2, 0.25) is 11.4 Å². The number of hydrogen-bond acceptors (Lipinski definition) is 4. The summed E-state index contributed by atoms with van der Waals surface area (Å²) in [6.45, 7) is 7.38. The van der Waals surface area contributed by atoms with Gasteiger partial charge in [0, 0.05) is 31.2 Å². The van der Waals surface area contributed by atoms with Gasteiger partial charge in [-0.3, -0.25) is 10.1 Å². The molecule has 0 radical (unpaired) electrons. The lowest BCUT2D eigenvalue weighted by Crippen LogP contribution is -2.35. The van der Waals surface area contributed by atoms with Crippen LogP contribution in [0, 0.1) is 24.0 Å². The molecule has 0 unspecified atom stereocenters. The van der Waals surface area contributed by atoms with Crippen molar-refractivity contribution in [2.45, 2.75) is 13.8 Å². The van der Waals surface area contributed by atoms with Crippen LogP contribution in [-0.4, -0.2) is 22.6 Å². The van der Waals surface area contributed by atoms with Gasteiger partial charge >= 0.3 is 5.97 Å². The predicted molar refractivity (Wildman–Crippen MR) is 109 cm³/mol. The third kappa shape index (κ3) is 4.05. The third-order valence-electron chi connectivity index (χ3n) is 4.46. The summed E-state index contributed by atoms with van der Waals surface area (Å²) in [4.78, 5) is 22.9. The van der Waals surface area contributed by atoms with Crippen LogP contribution in [0.4, 0.5) is 5.69 Å². The highest BCUT2D eigenvalue weighted by molar-refractivity contribution is 6.33. The molecule has 0 atom stereocenters. The first-order chi connectivity index (χ1) is 13.8. The Balaban J connectivity index is 2.07. The quantitative estimate of drug-likeness (QED) is 0.212. The number of aromatic nitrogens is 2. The first-order valence-electron chi connectivity index (χ1n) is 8.77. The van der Waals surface area contributed by atoms with Crippen molar-refractivity contribution < 1.29 is 19.1 Å². The summed E-state index contributed by atoms with van der Waals surface area (Å²) in [7, 11) is 0. The normalized spacial score (nSPS) is 10.6. The number of hydrogen-bond donors (Lipinski definition) is 1. The molecule has 0 fully saturated rings. The summed E-state index contributed by atoms with van der Waals surface area (Å²) in [5, 5.41) is 14.6. The van der Waals surface area contributed by atoms with E-state index in [1.807, 2.05) is 19.9 Å². The number of nitrogens with one attached hydrogen (secondary N) is 1. The van der Waals surface area contributed by atoms with Crippen molar-refractivity contribution >= 4 is 23.3 Å². The van der Waals surface area contributed by atoms with Crippen molar-refractivity contribution in [3.8, 4) is 16.8 Å². The number of halogens is 1. The van der Waals surface area contributed by atoms with E-state index in [2.05, 4.69) is 11.7 Å². The van der Waals surface area contributed by atoms with E-state index in [4.69, 9.17) is 16.3 Å². The van der Waals surface area contributed by atoms with Gasteiger partial charge in [-0.05, 0) is 18.6 Å². The van der Waals surface area contributed by atoms with Crippen LogP contribution in [0.3, 0.4) is 0 Å². The molecule has 8 heteroatoms. The molecule has 0 saturated carbocycles. The first kappa shape index (κ1) is 20.3. The van der Waals surface area contributed by atoms with E-state index in [1.165, 1.54) is 18.2 Å². The maximum atomic E-state index is 12.3. The van der Waals surface area contributed by atoms with Gasteiger partial charge in [0.05, 0.1) is 26.8 Å². The summed E-state index contributed by atoms with van der Waals surface area (Å²) >= 11 is 6.17. The zero-order chi connectivity index (χ0) is 21.1. The van der Waals surface area contributed by atoms with Gasteiger partial charge in [-0.25, -0.2) is 4.79 Å². The molecule has 0 saturated heterocycles. The smallest absolute Gasteiger partial charge is 0.340 e. The van der Waals surface area contributed by atoms with E-state index < -0.39 is 10.9 Å². The molecule has 3 aromatic rings. The van der Waals surface area contributed by atoms with E-state index in [-0.39, 0.29) is 22.9 Å². The van der Waals surface area contributed by atoms with Crippen molar-refractivity contribution in [2.24, 2.45) is 0 Å². The van der Waals surface area contributed by atoms with Crippen molar-refractivity contribution in [3.05, 3.63) is 87.2 Å². The number of non-ortho nitro benzene ring substituents is 1. The zero-order valence-electron chi connectivity index (χ0n) is 15.9. The van der Waals surface area contributed by atoms with Crippen molar-refractivity contribution in [3.63, 3.8) is 0 Å². The lowest BCUT2D eigenvalue weighted by atomic mass is 10.0. The van der Waals surface area contributed by atoms with Gasteiger partial charge in [-0.15, -0.1) is 0 Å². The molecule has 0 spiro atoms. The molecule has 0 amide bonds. The van der Waals surface area contributed by atoms with E-state index in [0.29, 0.717) is 5.69 Å².